The van der Waals surface area contributed by atoms with Crippen molar-refractivity contribution in [2.24, 2.45) is 0 Å². The van der Waals surface area contributed by atoms with Crippen LogP contribution in [0, 0.1) is 0 Å². The van der Waals surface area contributed by atoms with E-state index >= 15 is 0 Å². The number of aromatic amines is 1. The standard InChI is InChI=1S/C10H11N3O2/c1-2-15-10(14)12-8-4-3-5-9-7(8)6-11-13-9/h3-6H,2H2,1H3,(H,11,13)(H,12,14). The first-order valence-corrected chi connectivity index (χ1v) is 4.67. The van der Waals surface area contributed by atoms with Crippen LogP contribution in [0.4, 0.5) is 10.5 Å². The maximum absolute atomic E-state index is 11.2. The number of amides is 1. The van der Waals surface area contributed by atoms with Crippen LogP contribution in [-0.2, 0) is 4.74 Å². The predicted octanol–water partition coefficient (Wildman–Crippen LogP) is 2.13. The summed E-state index contributed by atoms with van der Waals surface area (Å²) in [5.41, 5.74) is 1.57. The lowest BCUT2D eigenvalue weighted by Crippen LogP contribution is -2.13. The topological polar surface area (TPSA) is 67.0 Å². The van der Waals surface area contributed by atoms with Crippen LogP contribution in [-0.4, -0.2) is 22.9 Å². The van der Waals surface area contributed by atoms with Gasteiger partial charge in [-0.15, -0.1) is 0 Å². The molecule has 1 aromatic heterocycles. The molecule has 0 radical (unpaired) electrons. The number of hydrogen-bond acceptors (Lipinski definition) is 3. The van der Waals surface area contributed by atoms with Crippen LogP contribution in [0.1, 0.15) is 6.92 Å². The van der Waals surface area contributed by atoms with E-state index in [2.05, 4.69) is 15.5 Å². The Kier molecular flexibility index (Phi) is 2.53. The fourth-order valence-corrected chi connectivity index (χ4v) is 1.35. The van der Waals surface area contributed by atoms with Crippen LogP contribution in [0.15, 0.2) is 24.4 Å². The second kappa shape index (κ2) is 4.00. The minimum atomic E-state index is -0.453. The highest BCUT2D eigenvalue weighted by molar-refractivity contribution is 5.98. The molecule has 2 rings (SSSR count). The first-order valence-electron chi connectivity index (χ1n) is 4.67. The van der Waals surface area contributed by atoms with E-state index < -0.39 is 6.09 Å². The number of rotatable bonds is 2. The van der Waals surface area contributed by atoms with Gasteiger partial charge in [0.1, 0.15) is 0 Å². The first-order chi connectivity index (χ1) is 7.31. The molecule has 0 saturated carbocycles. The van der Waals surface area contributed by atoms with Gasteiger partial charge in [-0.1, -0.05) is 6.07 Å². The summed E-state index contributed by atoms with van der Waals surface area (Å²) in [7, 11) is 0. The minimum absolute atomic E-state index is 0.354. The minimum Gasteiger partial charge on any atom is -0.450 e. The quantitative estimate of drug-likeness (QED) is 0.789. The Morgan fingerprint density at radius 3 is 3.27 bits per heavy atom. The lowest BCUT2D eigenvalue weighted by molar-refractivity contribution is 0.168. The summed E-state index contributed by atoms with van der Waals surface area (Å²) in [4.78, 5) is 11.2. The lowest BCUT2D eigenvalue weighted by Gasteiger charge is -2.05. The summed E-state index contributed by atoms with van der Waals surface area (Å²) < 4.78 is 4.79. The van der Waals surface area contributed by atoms with Gasteiger partial charge in [0.05, 0.1) is 24.0 Å². The molecule has 0 saturated heterocycles. The summed E-state index contributed by atoms with van der Waals surface area (Å²) in [6.07, 6.45) is 1.21. The molecule has 5 nitrogen and oxygen atoms in total. The molecule has 0 unspecified atom stereocenters. The SMILES string of the molecule is CCOC(=O)Nc1cccc2[nH]ncc12. The van der Waals surface area contributed by atoms with Crippen LogP contribution in [0.3, 0.4) is 0 Å². The van der Waals surface area contributed by atoms with Crippen LogP contribution in [0.5, 0.6) is 0 Å². The molecule has 1 amide bonds. The van der Waals surface area contributed by atoms with E-state index in [0.29, 0.717) is 12.3 Å². The number of fused-ring (bicyclic) bond motifs is 1. The number of nitrogens with zero attached hydrogens (tertiary/aromatic N) is 1. The van der Waals surface area contributed by atoms with E-state index in [0.717, 1.165) is 10.9 Å². The zero-order chi connectivity index (χ0) is 10.7. The second-order valence-electron chi connectivity index (χ2n) is 2.98. The molecule has 0 aliphatic heterocycles. The van der Waals surface area contributed by atoms with Crippen molar-refractivity contribution in [1.82, 2.24) is 10.2 Å². The van der Waals surface area contributed by atoms with Gasteiger partial charge in [0.15, 0.2) is 0 Å². The fraction of sp³-hybridized carbons (Fsp3) is 0.200. The molecule has 0 aliphatic rings. The third-order valence-corrected chi connectivity index (χ3v) is 2.00. The molecule has 0 fully saturated rings. The summed E-state index contributed by atoms with van der Waals surface area (Å²) in [5.74, 6) is 0. The van der Waals surface area contributed by atoms with Gasteiger partial charge in [-0.25, -0.2) is 4.79 Å². The molecular formula is C10H11N3O2. The number of aromatic nitrogens is 2. The van der Waals surface area contributed by atoms with Gasteiger partial charge >= 0.3 is 6.09 Å². The summed E-state index contributed by atoms with van der Waals surface area (Å²) in [6, 6.07) is 5.52. The number of benzene rings is 1. The second-order valence-corrected chi connectivity index (χ2v) is 2.98. The van der Waals surface area contributed by atoms with Gasteiger partial charge in [0, 0.05) is 5.39 Å². The van der Waals surface area contributed by atoms with Crippen molar-refractivity contribution in [3.05, 3.63) is 24.4 Å². The summed E-state index contributed by atoms with van der Waals surface area (Å²) in [6.45, 7) is 2.12. The van der Waals surface area contributed by atoms with Crippen LogP contribution in [0.2, 0.25) is 0 Å². The van der Waals surface area contributed by atoms with Crippen molar-refractivity contribution >= 4 is 22.7 Å². The summed E-state index contributed by atoms with van der Waals surface area (Å²) in [5, 5.41) is 10.2. The number of hydrogen-bond donors (Lipinski definition) is 2. The van der Waals surface area contributed by atoms with E-state index in [-0.39, 0.29) is 0 Å². The average molecular weight is 205 g/mol. The Morgan fingerprint density at radius 1 is 1.60 bits per heavy atom. The van der Waals surface area contributed by atoms with Crippen LogP contribution < -0.4 is 5.32 Å². The third kappa shape index (κ3) is 1.90. The Balaban J connectivity index is 2.27. The van der Waals surface area contributed by atoms with Crippen LogP contribution in [0.25, 0.3) is 10.9 Å². The van der Waals surface area contributed by atoms with Crippen molar-refractivity contribution in [1.29, 1.82) is 0 Å². The van der Waals surface area contributed by atoms with E-state index in [1.165, 1.54) is 0 Å². The highest BCUT2D eigenvalue weighted by Gasteiger charge is 2.06. The monoisotopic (exact) mass is 205 g/mol. The highest BCUT2D eigenvalue weighted by Crippen LogP contribution is 2.20. The number of H-pyrrole nitrogens is 1. The molecule has 15 heavy (non-hydrogen) atoms. The molecule has 1 aromatic carbocycles. The lowest BCUT2D eigenvalue weighted by atomic mass is 10.2. The van der Waals surface area contributed by atoms with Crippen molar-refractivity contribution in [3.8, 4) is 0 Å². The molecular weight excluding hydrogens is 194 g/mol. The molecule has 1 heterocycles. The molecule has 5 heteroatoms. The number of nitrogens with one attached hydrogen (secondary N) is 2. The third-order valence-electron chi connectivity index (χ3n) is 2.00. The Morgan fingerprint density at radius 2 is 2.47 bits per heavy atom. The first kappa shape index (κ1) is 9.51. The molecule has 0 aliphatic carbocycles. The normalized spacial score (nSPS) is 10.2. The van der Waals surface area contributed by atoms with Gasteiger partial charge in [-0.05, 0) is 19.1 Å². The molecule has 0 spiro atoms. The molecule has 78 valence electrons. The van der Waals surface area contributed by atoms with Crippen LogP contribution >= 0.6 is 0 Å². The van der Waals surface area contributed by atoms with E-state index in [1.54, 1.807) is 19.2 Å². The van der Waals surface area contributed by atoms with Gasteiger partial charge in [0.2, 0.25) is 0 Å². The molecule has 0 atom stereocenters. The van der Waals surface area contributed by atoms with Crippen molar-refractivity contribution in [2.75, 3.05) is 11.9 Å². The molecule has 0 bridgehead atoms. The van der Waals surface area contributed by atoms with Crippen molar-refractivity contribution in [3.63, 3.8) is 0 Å². The molecule has 2 N–H and O–H groups in total. The average Bonchev–Trinajstić information content (AvgIpc) is 2.67. The van der Waals surface area contributed by atoms with Gasteiger partial charge in [-0.2, -0.15) is 5.10 Å². The summed E-state index contributed by atoms with van der Waals surface area (Å²) >= 11 is 0. The van der Waals surface area contributed by atoms with E-state index in [4.69, 9.17) is 4.74 Å². The number of carbonyl (C=O) groups is 1. The Labute approximate surface area is 86.4 Å². The van der Waals surface area contributed by atoms with E-state index in [9.17, 15) is 4.79 Å². The zero-order valence-corrected chi connectivity index (χ0v) is 8.28. The largest absolute Gasteiger partial charge is 0.450 e. The maximum atomic E-state index is 11.2. The number of carbonyl (C=O) groups excluding carboxylic acids is 1. The predicted molar refractivity (Wildman–Crippen MR) is 56.7 cm³/mol. The number of ether oxygens (including phenoxy) is 1. The maximum Gasteiger partial charge on any atom is 0.411 e. The van der Waals surface area contributed by atoms with Gasteiger partial charge in [-0.3, -0.25) is 10.4 Å². The molecule has 2 aromatic rings. The van der Waals surface area contributed by atoms with Gasteiger partial charge in [0.25, 0.3) is 0 Å². The van der Waals surface area contributed by atoms with Crippen molar-refractivity contribution < 1.29 is 9.53 Å². The highest BCUT2D eigenvalue weighted by atomic mass is 16.5. The van der Waals surface area contributed by atoms with Crippen molar-refractivity contribution in [2.45, 2.75) is 6.92 Å². The van der Waals surface area contributed by atoms with E-state index in [1.807, 2.05) is 12.1 Å². The smallest absolute Gasteiger partial charge is 0.411 e. The Hall–Kier alpha value is -2.04. The number of anilines is 1. The van der Waals surface area contributed by atoms with Gasteiger partial charge < -0.3 is 4.74 Å². The fourth-order valence-electron chi connectivity index (χ4n) is 1.35. The zero-order valence-electron chi connectivity index (χ0n) is 8.28. The Bertz CT molecular complexity index is 478.